The summed E-state index contributed by atoms with van der Waals surface area (Å²) in [6, 6.07) is 72.2. The number of rotatable bonds is 6. The molecular weight excluding hydrogens is 687 g/mol. The van der Waals surface area contributed by atoms with Gasteiger partial charge in [0.25, 0.3) is 0 Å². The highest BCUT2D eigenvalue weighted by atomic mass is 32.1. The van der Waals surface area contributed by atoms with Crippen LogP contribution in [0.3, 0.4) is 0 Å². The number of para-hydroxylation sites is 2. The predicted octanol–water partition coefficient (Wildman–Crippen LogP) is 15.6. The second-order valence-electron chi connectivity index (χ2n) is 14.1. The van der Waals surface area contributed by atoms with E-state index in [1.165, 1.54) is 42.1 Å². The number of hydrogen-bond donors (Lipinski definition) is 0. The number of furan rings is 1. The van der Waals surface area contributed by atoms with Crippen LogP contribution in [-0.4, -0.2) is 0 Å². The molecule has 0 saturated heterocycles. The Bertz CT molecular complexity index is 3200. The van der Waals surface area contributed by atoms with E-state index < -0.39 is 0 Å². The van der Waals surface area contributed by atoms with E-state index in [1.807, 2.05) is 17.4 Å². The highest BCUT2D eigenvalue weighted by Crippen LogP contribution is 2.45. The van der Waals surface area contributed by atoms with Crippen molar-refractivity contribution in [3.63, 3.8) is 0 Å². The van der Waals surface area contributed by atoms with Crippen LogP contribution in [0.15, 0.2) is 205 Å². The highest BCUT2D eigenvalue weighted by molar-refractivity contribution is 7.25. The maximum Gasteiger partial charge on any atom is 0.143 e. The van der Waals surface area contributed by atoms with E-state index in [1.54, 1.807) is 0 Å². The molecule has 2 heterocycles. The number of thiophene rings is 1. The second kappa shape index (κ2) is 12.9. The van der Waals surface area contributed by atoms with Gasteiger partial charge < -0.3 is 9.32 Å². The van der Waals surface area contributed by atoms with Gasteiger partial charge in [0, 0.05) is 53.6 Å². The first kappa shape index (κ1) is 31.6. The molecule has 0 aliphatic rings. The molecule has 0 amide bonds. The molecule has 0 spiro atoms. The van der Waals surface area contributed by atoms with Gasteiger partial charge in [0.2, 0.25) is 0 Å². The van der Waals surface area contributed by atoms with Crippen LogP contribution >= 0.6 is 11.3 Å². The Labute approximate surface area is 322 Å². The van der Waals surface area contributed by atoms with Crippen LogP contribution < -0.4 is 4.90 Å². The average Bonchev–Trinajstić information content (AvgIpc) is 3.83. The highest BCUT2D eigenvalue weighted by Gasteiger charge is 2.20. The van der Waals surface area contributed by atoms with Crippen molar-refractivity contribution in [1.82, 2.24) is 0 Å². The molecule has 0 aliphatic carbocycles. The van der Waals surface area contributed by atoms with E-state index in [9.17, 15) is 0 Å². The smallest absolute Gasteiger partial charge is 0.143 e. The van der Waals surface area contributed by atoms with Gasteiger partial charge in [-0.2, -0.15) is 0 Å². The normalized spacial score (nSPS) is 11.6. The average molecular weight is 720 g/mol. The molecular formula is C52H33NOS. The van der Waals surface area contributed by atoms with Crippen molar-refractivity contribution in [3.05, 3.63) is 200 Å². The fourth-order valence-corrected chi connectivity index (χ4v) is 9.38. The fourth-order valence-electron chi connectivity index (χ4n) is 8.29. The SMILES string of the molecule is c1ccc(-c2cc(N(c3ccc(-c4cccc5ccccc45)cc3)c3ccc4sc5ccccc5c4c3)ccc2-c2cccc3c2oc2ccccc23)cc1. The van der Waals surface area contributed by atoms with Crippen LogP contribution in [0, 0.1) is 0 Å². The molecule has 55 heavy (non-hydrogen) atoms. The molecule has 258 valence electrons. The van der Waals surface area contributed by atoms with Gasteiger partial charge in [-0.25, -0.2) is 0 Å². The number of fused-ring (bicyclic) bond motifs is 7. The topological polar surface area (TPSA) is 16.4 Å². The number of anilines is 3. The van der Waals surface area contributed by atoms with Crippen molar-refractivity contribution >= 4 is 81.3 Å². The summed E-state index contributed by atoms with van der Waals surface area (Å²) in [5, 5.41) is 7.31. The lowest BCUT2D eigenvalue weighted by Gasteiger charge is -2.27. The van der Waals surface area contributed by atoms with Crippen molar-refractivity contribution in [2.75, 3.05) is 4.90 Å². The van der Waals surface area contributed by atoms with Crippen LogP contribution in [0.5, 0.6) is 0 Å². The molecule has 0 atom stereocenters. The number of hydrogen-bond acceptors (Lipinski definition) is 3. The second-order valence-corrected chi connectivity index (χ2v) is 15.1. The molecule has 9 aromatic carbocycles. The Hall–Kier alpha value is -6.94. The lowest BCUT2D eigenvalue weighted by Crippen LogP contribution is -2.10. The van der Waals surface area contributed by atoms with E-state index >= 15 is 0 Å². The maximum atomic E-state index is 6.58. The molecule has 0 radical (unpaired) electrons. The van der Waals surface area contributed by atoms with Crippen LogP contribution in [0.1, 0.15) is 0 Å². The van der Waals surface area contributed by atoms with E-state index in [0.29, 0.717) is 0 Å². The largest absolute Gasteiger partial charge is 0.455 e. The van der Waals surface area contributed by atoms with Gasteiger partial charge in [-0.05, 0) is 93.2 Å². The predicted molar refractivity (Wildman–Crippen MR) is 235 cm³/mol. The van der Waals surface area contributed by atoms with Gasteiger partial charge in [0.05, 0.1) is 0 Å². The van der Waals surface area contributed by atoms with Crippen molar-refractivity contribution in [2.24, 2.45) is 0 Å². The summed E-state index contributed by atoms with van der Waals surface area (Å²) in [5.74, 6) is 0. The summed E-state index contributed by atoms with van der Waals surface area (Å²) in [4.78, 5) is 2.40. The minimum atomic E-state index is 0.900. The van der Waals surface area contributed by atoms with Gasteiger partial charge in [0.15, 0.2) is 0 Å². The molecule has 2 nitrogen and oxygen atoms in total. The number of nitrogens with zero attached hydrogens (tertiary/aromatic N) is 1. The molecule has 11 aromatic rings. The van der Waals surface area contributed by atoms with Gasteiger partial charge in [0.1, 0.15) is 11.2 Å². The zero-order chi connectivity index (χ0) is 36.3. The van der Waals surface area contributed by atoms with Gasteiger partial charge in [-0.15, -0.1) is 11.3 Å². The van der Waals surface area contributed by atoms with Gasteiger partial charge >= 0.3 is 0 Å². The molecule has 0 N–H and O–H groups in total. The lowest BCUT2D eigenvalue weighted by atomic mass is 9.92. The first-order valence-corrected chi connectivity index (χ1v) is 19.5. The van der Waals surface area contributed by atoms with E-state index in [0.717, 1.165) is 61.3 Å². The summed E-state index contributed by atoms with van der Waals surface area (Å²) < 4.78 is 9.17. The third-order valence-electron chi connectivity index (χ3n) is 10.9. The molecule has 0 bridgehead atoms. The molecule has 0 fully saturated rings. The molecule has 0 saturated carbocycles. The summed E-state index contributed by atoms with van der Waals surface area (Å²) >= 11 is 1.85. The summed E-state index contributed by atoms with van der Waals surface area (Å²) in [6.45, 7) is 0. The zero-order valence-corrected chi connectivity index (χ0v) is 30.6. The number of benzene rings is 9. The van der Waals surface area contributed by atoms with E-state index in [-0.39, 0.29) is 0 Å². The Morgan fingerprint density at radius 2 is 0.964 bits per heavy atom. The van der Waals surface area contributed by atoms with E-state index in [2.05, 4.69) is 199 Å². The van der Waals surface area contributed by atoms with Crippen LogP contribution in [0.4, 0.5) is 17.1 Å². The lowest BCUT2D eigenvalue weighted by molar-refractivity contribution is 0.670. The van der Waals surface area contributed by atoms with Crippen molar-refractivity contribution in [2.45, 2.75) is 0 Å². The Morgan fingerprint density at radius 1 is 0.345 bits per heavy atom. The van der Waals surface area contributed by atoms with Crippen LogP contribution in [-0.2, 0) is 0 Å². The van der Waals surface area contributed by atoms with Crippen LogP contribution in [0.2, 0.25) is 0 Å². The monoisotopic (exact) mass is 719 g/mol. The molecule has 3 heteroatoms. The van der Waals surface area contributed by atoms with Crippen molar-refractivity contribution in [1.29, 1.82) is 0 Å². The molecule has 0 aliphatic heterocycles. The van der Waals surface area contributed by atoms with Gasteiger partial charge in [-0.1, -0.05) is 146 Å². The van der Waals surface area contributed by atoms with E-state index in [4.69, 9.17) is 4.42 Å². The van der Waals surface area contributed by atoms with Crippen LogP contribution in [0.25, 0.3) is 86.3 Å². The first-order valence-electron chi connectivity index (χ1n) is 18.7. The quantitative estimate of drug-likeness (QED) is 0.170. The minimum absolute atomic E-state index is 0.900. The minimum Gasteiger partial charge on any atom is -0.455 e. The standard InChI is InChI=1S/C52H33NOS/c1-2-12-35(13-3-1)47-32-38(28-30-42(47)45-20-11-21-46-43-17-6-8-22-49(43)54-52(45)46)53(39-29-31-51-48(33-39)44-18-7-9-23-50(44)55-51)37-26-24-36(25-27-37)41-19-10-15-34-14-4-5-16-40(34)41/h1-33H. The Morgan fingerprint density at radius 3 is 1.85 bits per heavy atom. The third kappa shape index (κ3) is 5.32. The maximum absolute atomic E-state index is 6.58. The molecule has 11 rings (SSSR count). The van der Waals surface area contributed by atoms with Gasteiger partial charge in [-0.3, -0.25) is 0 Å². The van der Waals surface area contributed by atoms with Crippen molar-refractivity contribution in [3.8, 4) is 33.4 Å². The molecule has 0 unspecified atom stereocenters. The molecule has 2 aromatic heterocycles. The van der Waals surface area contributed by atoms with Crippen molar-refractivity contribution < 1.29 is 4.42 Å². The first-order chi connectivity index (χ1) is 27.3. The summed E-state index contributed by atoms with van der Waals surface area (Å²) in [5.41, 5.74) is 12.0. The Kier molecular flexibility index (Phi) is 7.39. The summed E-state index contributed by atoms with van der Waals surface area (Å²) in [6.07, 6.45) is 0. The zero-order valence-electron chi connectivity index (χ0n) is 29.8. The Balaban J connectivity index is 1.12. The third-order valence-corrected chi connectivity index (χ3v) is 12.0. The summed E-state index contributed by atoms with van der Waals surface area (Å²) in [7, 11) is 0. The fraction of sp³-hybridized carbons (Fsp3) is 0.